The molecule has 1 N–H and O–H groups in total. The van der Waals surface area contributed by atoms with Gasteiger partial charge < -0.3 is 5.11 Å². The largest absolute Gasteiger partial charge is 0.392 e. The van der Waals surface area contributed by atoms with Crippen molar-refractivity contribution in [3.63, 3.8) is 0 Å². The fraction of sp³-hybridized carbons (Fsp3) is 0.182. The van der Waals surface area contributed by atoms with Gasteiger partial charge in [-0.1, -0.05) is 30.8 Å². The molecule has 0 atom stereocenters. The number of aliphatic hydroxyl groups is 1. The molecule has 68 valence electrons. The van der Waals surface area contributed by atoms with Crippen LogP contribution in [0, 0.1) is 0 Å². The standard InChI is InChI=1S/C11H12O2/c1-8(2)11(13)10-6-4-3-5-9(10)7-12/h3-6,12H,1,7H2,2H3. The van der Waals surface area contributed by atoms with E-state index in [0.29, 0.717) is 16.7 Å². The zero-order chi connectivity index (χ0) is 9.84. The molecule has 0 bridgehead atoms. The van der Waals surface area contributed by atoms with Crippen LogP contribution in [0.3, 0.4) is 0 Å². The molecular formula is C11H12O2. The van der Waals surface area contributed by atoms with E-state index in [1.807, 2.05) is 0 Å². The van der Waals surface area contributed by atoms with Crippen LogP contribution >= 0.6 is 0 Å². The van der Waals surface area contributed by atoms with Crippen molar-refractivity contribution in [2.45, 2.75) is 13.5 Å². The summed E-state index contributed by atoms with van der Waals surface area (Å²) in [5.74, 6) is -0.107. The van der Waals surface area contributed by atoms with Gasteiger partial charge in [0.25, 0.3) is 0 Å². The predicted molar refractivity (Wildman–Crippen MR) is 51.5 cm³/mol. The highest BCUT2D eigenvalue weighted by Crippen LogP contribution is 2.12. The van der Waals surface area contributed by atoms with Gasteiger partial charge in [0.15, 0.2) is 5.78 Å². The Labute approximate surface area is 77.5 Å². The van der Waals surface area contributed by atoms with Crippen molar-refractivity contribution in [2.75, 3.05) is 0 Å². The monoisotopic (exact) mass is 176 g/mol. The highest BCUT2D eigenvalue weighted by atomic mass is 16.3. The molecule has 13 heavy (non-hydrogen) atoms. The number of allylic oxidation sites excluding steroid dienone is 1. The molecule has 0 spiro atoms. The number of rotatable bonds is 3. The Morgan fingerprint density at radius 2 is 2.08 bits per heavy atom. The third-order valence-electron chi connectivity index (χ3n) is 1.82. The van der Waals surface area contributed by atoms with Crippen molar-refractivity contribution in [1.29, 1.82) is 0 Å². The first-order chi connectivity index (χ1) is 6.16. The molecule has 0 saturated heterocycles. The lowest BCUT2D eigenvalue weighted by molar-refractivity contribution is 0.103. The second kappa shape index (κ2) is 4.01. The molecule has 1 aromatic carbocycles. The van der Waals surface area contributed by atoms with E-state index in [1.165, 1.54) is 0 Å². The lowest BCUT2D eigenvalue weighted by atomic mass is 10.0. The molecule has 2 heteroatoms. The van der Waals surface area contributed by atoms with E-state index in [4.69, 9.17) is 5.11 Å². The minimum Gasteiger partial charge on any atom is -0.392 e. The third kappa shape index (κ3) is 2.04. The lowest BCUT2D eigenvalue weighted by Gasteiger charge is -2.04. The highest BCUT2D eigenvalue weighted by molar-refractivity contribution is 6.08. The Morgan fingerprint density at radius 3 is 2.62 bits per heavy atom. The van der Waals surface area contributed by atoms with Crippen LogP contribution in [0.4, 0.5) is 0 Å². The van der Waals surface area contributed by atoms with Gasteiger partial charge >= 0.3 is 0 Å². The first-order valence-electron chi connectivity index (χ1n) is 4.05. The van der Waals surface area contributed by atoms with Crippen LogP contribution in [-0.2, 0) is 6.61 Å². The second-order valence-corrected chi connectivity index (χ2v) is 2.92. The van der Waals surface area contributed by atoms with Crippen LogP contribution in [-0.4, -0.2) is 10.9 Å². The summed E-state index contributed by atoms with van der Waals surface area (Å²) >= 11 is 0. The van der Waals surface area contributed by atoms with Gasteiger partial charge in [0.2, 0.25) is 0 Å². The van der Waals surface area contributed by atoms with E-state index in [9.17, 15) is 4.79 Å². The number of aliphatic hydroxyl groups excluding tert-OH is 1. The maximum atomic E-state index is 11.5. The first-order valence-corrected chi connectivity index (χ1v) is 4.05. The van der Waals surface area contributed by atoms with Crippen LogP contribution in [0.5, 0.6) is 0 Å². The Morgan fingerprint density at radius 1 is 1.46 bits per heavy atom. The van der Waals surface area contributed by atoms with Crippen molar-refractivity contribution in [3.05, 3.63) is 47.5 Å². The van der Waals surface area contributed by atoms with E-state index in [1.54, 1.807) is 31.2 Å². The summed E-state index contributed by atoms with van der Waals surface area (Å²) in [5, 5.41) is 8.97. The van der Waals surface area contributed by atoms with E-state index in [2.05, 4.69) is 6.58 Å². The Hall–Kier alpha value is -1.41. The first kappa shape index (κ1) is 9.68. The lowest BCUT2D eigenvalue weighted by Crippen LogP contribution is -2.03. The summed E-state index contributed by atoms with van der Waals surface area (Å²) in [7, 11) is 0. The molecule has 0 fully saturated rings. The SMILES string of the molecule is C=C(C)C(=O)c1ccccc1CO. The minimum atomic E-state index is -0.116. The van der Waals surface area contributed by atoms with Crippen molar-refractivity contribution >= 4 is 5.78 Å². The zero-order valence-corrected chi connectivity index (χ0v) is 7.58. The van der Waals surface area contributed by atoms with E-state index in [0.717, 1.165) is 0 Å². The quantitative estimate of drug-likeness (QED) is 0.564. The average molecular weight is 176 g/mol. The number of benzene rings is 1. The molecule has 0 aromatic heterocycles. The summed E-state index contributed by atoms with van der Waals surface area (Å²) in [6.07, 6.45) is 0. The smallest absolute Gasteiger partial charge is 0.188 e. The molecule has 1 rings (SSSR count). The Bertz CT molecular complexity index is 340. The second-order valence-electron chi connectivity index (χ2n) is 2.92. The van der Waals surface area contributed by atoms with Gasteiger partial charge in [-0.05, 0) is 18.1 Å². The maximum Gasteiger partial charge on any atom is 0.188 e. The highest BCUT2D eigenvalue weighted by Gasteiger charge is 2.09. The molecule has 0 radical (unpaired) electrons. The number of hydrogen-bond donors (Lipinski definition) is 1. The van der Waals surface area contributed by atoms with Gasteiger partial charge in [0.1, 0.15) is 0 Å². The zero-order valence-electron chi connectivity index (χ0n) is 7.58. The van der Waals surface area contributed by atoms with Gasteiger partial charge in [-0.25, -0.2) is 0 Å². The summed E-state index contributed by atoms with van der Waals surface area (Å²) in [4.78, 5) is 11.5. The summed E-state index contributed by atoms with van der Waals surface area (Å²) in [6.45, 7) is 5.12. The summed E-state index contributed by atoms with van der Waals surface area (Å²) in [6, 6.07) is 6.99. The van der Waals surface area contributed by atoms with Crippen LogP contribution < -0.4 is 0 Å². The molecule has 0 heterocycles. The maximum absolute atomic E-state index is 11.5. The van der Waals surface area contributed by atoms with Crippen molar-refractivity contribution in [2.24, 2.45) is 0 Å². The van der Waals surface area contributed by atoms with Gasteiger partial charge in [0, 0.05) is 5.56 Å². The average Bonchev–Trinajstić information content (AvgIpc) is 2.16. The molecule has 1 aromatic rings. The number of carbonyl (C=O) groups is 1. The van der Waals surface area contributed by atoms with Crippen LogP contribution in [0.2, 0.25) is 0 Å². The molecule has 0 aliphatic heterocycles. The Kier molecular flexibility index (Phi) is 2.98. The summed E-state index contributed by atoms with van der Waals surface area (Å²) < 4.78 is 0. The minimum absolute atomic E-state index is 0.107. The molecule has 0 saturated carbocycles. The number of hydrogen-bond acceptors (Lipinski definition) is 2. The molecule has 0 aliphatic rings. The molecule has 2 nitrogen and oxygen atoms in total. The van der Waals surface area contributed by atoms with Crippen LogP contribution in [0.1, 0.15) is 22.8 Å². The van der Waals surface area contributed by atoms with Gasteiger partial charge in [-0.3, -0.25) is 4.79 Å². The van der Waals surface area contributed by atoms with E-state index in [-0.39, 0.29) is 12.4 Å². The molecule has 0 unspecified atom stereocenters. The van der Waals surface area contributed by atoms with E-state index >= 15 is 0 Å². The number of carbonyl (C=O) groups excluding carboxylic acids is 1. The number of Topliss-reactive ketones (excluding diaryl/α,β-unsaturated/α-hetero) is 1. The normalized spacial score (nSPS) is 9.69. The van der Waals surface area contributed by atoms with Crippen molar-refractivity contribution in [1.82, 2.24) is 0 Å². The summed E-state index contributed by atoms with van der Waals surface area (Å²) in [5.41, 5.74) is 1.67. The molecular weight excluding hydrogens is 164 g/mol. The van der Waals surface area contributed by atoms with Gasteiger partial charge in [-0.2, -0.15) is 0 Å². The van der Waals surface area contributed by atoms with Crippen LogP contribution in [0.15, 0.2) is 36.4 Å². The molecule has 0 aliphatic carbocycles. The Balaban J connectivity index is 3.13. The van der Waals surface area contributed by atoms with Gasteiger partial charge in [0.05, 0.1) is 6.61 Å². The third-order valence-corrected chi connectivity index (χ3v) is 1.82. The van der Waals surface area contributed by atoms with E-state index < -0.39 is 0 Å². The fourth-order valence-electron chi connectivity index (χ4n) is 1.11. The number of ketones is 1. The van der Waals surface area contributed by atoms with Crippen LogP contribution in [0.25, 0.3) is 0 Å². The topological polar surface area (TPSA) is 37.3 Å². The van der Waals surface area contributed by atoms with Crippen molar-refractivity contribution in [3.8, 4) is 0 Å². The molecule has 0 amide bonds. The van der Waals surface area contributed by atoms with Gasteiger partial charge in [-0.15, -0.1) is 0 Å². The van der Waals surface area contributed by atoms with Crippen molar-refractivity contribution < 1.29 is 9.90 Å². The predicted octanol–water partition coefficient (Wildman–Crippen LogP) is 1.94. The fourth-order valence-corrected chi connectivity index (χ4v) is 1.11.